The first kappa shape index (κ1) is 14.1. The molecule has 7 nitrogen and oxygen atoms in total. The zero-order valence-corrected chi connectivity index (χ0v) is 11.3. The molecule has 2 rings (SSSR count). The first-order valence-electron chi connectivity index (χ1n) is 5.82. The lowest BCUT2D eigenvalue weighted by molar-refractivity contribution is -0.118. The largest absolute Gasteiger partial charge is 0.503 e. The molecule has 1 fully saturated rings. The summed E-state index contributed by atoms with van der Waals surface area (Å²) in [5, 5.41) is 16.8. The lowest BCUT2D eigenvalue weighted by atomic mass is 10.2. The Labute approximate surface area is 119 Å². The standard InChI is InChI=1S/C12H12ClN3O4/c1-2-20-9-4-7(3-8(13)11(9)18)5-14-16-6-10(17)15-12(16)19/h3-5,18H,2,6H2,1H3,(H,15,17,19)/b14-5+. The fourth-order valence-corrected chi connectivity index (χ4v) is 1.81. The van der Waals surface area contributed by atoms with Gasteiger partial charge < -0.3 is 9.84 Å². The molecule has 0 spiro atoms. The zero-order chi connectivity index (χ0) is 14.7. The summed E-state index contributed by atoms with van der Waals surface area (Å²) in [7, 11) is 0. The van der Waals surface area contributed by atoms with E-state index in [1.165, 1.54) is 18.3 Å². The molecule has 0 atom stereocenters. The highest BCUT2D eigenvalue weighted by Gasteiger charge is 2.25. The van der Waals surface area contributed by atoms with Crippen LogP contribution >= 0.6 is 11.6 Å². The highest BCUT2D eigenvalue weighted by molar-refractivity contribution is 6.32. The van der Waals surface area contributed by atoms with E-state index >= 15 is 0 Å². The Morgan fingerprint density at radius 2 is 2.30 bits per heavy atom. The third-order valence-corrected chi connectivity index (χ3v) is 2.76. The van der Waals surface area contributed by atoms with Gasteiger partial charge in [-0.1, -0.05) is 11.6 Å². The first-order valence-corrected chi connectivity index (χ1v) is 6.19. The van der Waals surface area contributed by atoms with E-state index < -0.39 is 11.9 Å². The lowest BCUT2D eigenvalue weighted by Gasteiger charge is -2.09. The lowest BCUT2D eigenvalue weighted by Crippen LogP contribution is -2.24. The summed E-state index contributed by atoms with van der Waals surface area (Å²) in [5.74, 6) is -0.339. The van der Waals surface area contributed by atoms with Crippen LogP contribution in [0.2, 0.25) is 5.02 Å². The van der Waals surface area contributed by atoms with Crippen LogP contribution in [0.5, 0.6) is 11.5 Å². The van der Waals surface area contributed by atoms with Crippen LogP contribution in [-0.4, -0.2) is 41.4 Å². The maximum Gasteiger partial charge on any atom is 0.344 e. The van der Waals surface area contributed by atoms with Gasteiger partial charge in [-0.25, -0.2) is 9.80 Å². The molecule has 2 N–H and O–H groups in total. The molecule has 0 bridgehead atoms. The number of nitrogens with zero attached hydrogens (tertiary/aromatic N) is 2. The molecule has 3 amide bonds. The summed E-state index contributed by atoms with van der Waals surface area (Å²) in [6.45, 7) is 2.02. The fraction of sp³-hybridized carbons (Fsp3) is 0.250. The number of carbonyl (C=O) groups excluding carboxylic acids is 2. The van der Waals surface area contributed by atoms with E-state index in [2.05, 4.69) is 10.4 Å². The second-order valence-electron chi connectivity index (χ2n) is 3.94. The van der Waals surface area contributed by atoms with Gasteiger partial charge in [0.15, 0.2) is 11.5 Å². The Hall–Kier alpha value is -2.28. The van der Waals surface area contributed by atoms with Crippen molar-refractivity contribution >= 4 is 29.8 Å². The number of hydrogen-bond donors (Lipinski definition) is 2. The average Bonchev–Trinajstić information content (AvgIpc) is 2.71. The number of ether oxygens (including phenoxy) is 1. The maximum absolute atomic E-state index is 11.3. The van der Waals surface area contributed by atoms with Gasteiger partial charge in [0, 0.05) is 0 Å². The number of rotatable bonds is 4. The van der Waals surface area contributed by atoms with Gasteiger partial charge in [-0.3, -0.25) is 10.1 Å². The molecule has 0 radical (unpaired) electrons. The summed E-state index contributed by atoms with van der Waals surface area (Å²) < 4.78 is 5.23. The van der Waals surface area contributed by atoms with Crippen LogP contribution in [0.3, 0.4) is 0 Å². The van der Waals surface area contributed by atoms with Crippen molar-refractivity contribution in [2.45, 2.75) is 6.92 Å². The quantitative estimate of drug-likeness (QED) is 0.648. The van der Waals surface area contributed by atoms with Crippen LogP contribution in [-0.2, 0) is 4.79 Å². The second kappa shape index (κ2) is 5.79. The van der Waals surface area contributed by atoms with E-state index in [4.69, 9.17) is 16.3 Å². The molecule has 20 heavy (non-hydrogen) atoms. The minimum Gasteiger partial charge on any atom is -0.503 e. The summed E-state index contributed by atoms with van der Waals surface area (Å²) in [5.41, 5.74) is 0.531. The van der Waals surface area contributed by atoms with Crippen molar-refractivity contribution in [3.05, 3.63) is 22.7 Å². The number of nitrogens with one attached hydrogen (secondary N) is 1. The molecule has 0 aliphatic carbocycles. The van der Waals surface area contributed by atoms with Crippen molar-refractivity contribution in [3.63, 3.8) is 0 Å². The summed E-state index contributed by atoms with van der Waals surface area (Å²) in [4.78, 5) is 22.3. The monoisotopic (exact) mass is 297 g/mol. The summed E-state index contributed by atoms with van der Waals surface area (Å²) in [6.07, 6.45) is 1.35. The Kier molecular flexibility index (Phi) is 4.09. The number of benzene rings is 1. The Morgan fingerprint density at radius 3 is 2.90 bits per heavy atom. The smallest absolute Gasteiger partial charge is 0.344 e. The van der Waals surface area contributed by atoms with Crippen molar-refractivity contribution in [3.8, 4) is 11.5 Å². The molecular weight excluding hydrogens is 286 g/mol. The SMILES string of the molecule is CCOc1cc(/C=N/N2CC(=O)NC2=O)cc(Cl)c1O. The number of phenols is 1. The molecule has 0 unspecified atom stereocenters. The van der Waals surface area contributed by atoms with Gasteiger partial charge in [0.05, 0.1) is 17.8 Å². The average molecular weight is 298 g/mol. The van der Waals surface area contributed by atoms with Gasteiger partial charge in [0.25, 0.3) is 0 Å². The van der Waals surface area contributed by atoms with E-state index in [0.717, 1.165) is 5.01 Å². The Bertz CT molecular complexity index is 588. The van der Waals surface area contributed by atoms with Crippen molar-refractivity contribution in [1.29, 1.82) is 0 Å². The molecule has 8 heteroatoms. The topological polar surface area (TPSA) is 91.2 Å². The molecule has 1 aliphatic heterocycles. The number of amides is 3. The predicted molar refractivity (Wildman–Crippen MR) is 72.1 cm³/mol. The first-order chi connectivity index (χ1) is 9.51. The summed E-state index contributed by atoms with van der Waals surface area (Å²) >= 11 is 5.86. The van der Waals surface area contributed by atoms with E-state index in [1.54, 1.807) is 6.92 Å². The van der Waals surface area contributed by atoms with Crippen molar-refractivity contribution in [2.24, 2.45) is 5.10 Å². The van der Waals surface area contributed by atoms with Crippen molar-refractivity contribution in [1.82, 2.24) is 10.3 Å². The highest BCUT2D eigenvalue weighted by Crippen LogP contribution is 2.34. The van der Waals surface area contributed by atoms with E-state index in [0.29, 0.717) is 12.2 Å². The fourth-order valence-electron chi connectivity index (χ4n) is 1.59. The third kappa shape index (κ3) is 3.00. The number of aromatic hydroxyl groups is 1. The van der Waals surface area contributed by atoms with Gasteiger partial charge in [0.1, 0.15) is 6.54 Å². The number of urea groups is 1. The van der Waals surface area contributed by atoms with Crippen LogP contribution in [0.15, 0.2) is 17.2 Å². The maximum atomic E-state index is 11.3. The molecule has 1 saturated heterocycles. The van der Waals surface area contributed by atoms with Crippen molar-refractivity contribution in [2.75, 3.05) is 13.2 Å². The summed E-state index contributed by atoms with van der Waals surface area (Å²) in [6, 6.07) is 2.42. The number of imide groups is 1. The van der Waals surface area contributed by atoms with Gasteiger partial charge in [-0.05, 0) is 24.6 Å². The van der Waals surface area contributed by atoms with E-state index in [-0.39, 0.29) is 23.1 Å². The molecule has 0 saturated carbocycles. The molecule has 1 heterocycles. The minimum atomic E-state index is -0.582. The second-order valence-corrected chi connectivity index (χ2v) is 4.35. The molecule has 1 aromatic carbocycles. The predicted octanol–water partition coefficient (Wildman–Crippen LogP) is 1.33. The molecule has 0 aromatic heterocycles. The highest BCUT2D eigenvalue weighted by atomic mass is 35.5. The third-order valence-electron chi connectivity index (χ3n) is 2.47. The van der Waals surface area contributed by atoms with E-state index in [9.17, 15) is 14.7 Å². The van der Waals surface area contributed by atoms with Gasteiger partial charge in [-0.2, -0.15) is 5.10 Å². The number of hydrazone groups is 1. The number of hydrogen-bond acceptors (Lipinski definition) is 5. The molecule has 1 aliphatic rings. The Morgan fingerprint density at radius 1 is 1.55 bits per heavy atom. The van der Waals surface area contributed by atoms with Crippen LogP contribution in [0.25, 0.3) is 0 Å². The Balaban J connectivity index is 2.21. The molecule has 106 valence electrons. The van der Waals surface area contributed by atoms with Crippen LogP contribution in [0.4, 0.5) is 4.79 Å². The van der Waals surface area contributed by atoms with Gasteiger partial charge in [0.2, 0.25) is 5.91 Å². The number of phenolic OH excluding ortho intramolecular Hbond substituents is 1. The van der Waals surface area contributed by atoms with Gasteiger partial charge in [-0.15, -0.1) is 0 Å². The van der Waals surface area contributed by atoms with Crippen LogP contribution < -0.4 is 10.1 Å². The van der Waals surface area contributed by atoms with Gasteiger partial charge >= 0.3 is 6.03 Å². The minimum absolute atomic E-state index is 0.111. The normalized spacial score (nSPS) is 15.0. The number of carbonyl (C=O) groups is 2. The molecule has 1 aromatic rings. The van der Waals surface area contributed by atoms with E-state index in [1.807, 2.05) is 0 Å². The zero-order valence-electron chi connectivity index (χ0n) is 10.6. The van der Waals surface area contributed by atoms with Crippen molar-refractivity contribution < 1.29 is 19.4 Å². The van der Waals surface area contributed by atoms with Crippen LogP contribution in [0, 0.1) is 0 Å². The molecular formula is C12H12ClN3O4. The van der Waals surface area contributed by atoms with Crippen LogP contribution in [0.1, 0.15) is 12.5 Å². The number of halogens is 1.